The Balaban J connectivity index is 2.95. The lowest BCUT2D eigenvalue weighted by Crippen LogP contribution is -2.46. The van der Waals surface area contributed by atoms with E-state index in [1.165, 1.54) is 12.1 Å². The molecule has 0 fully saturated rings. The summed E-state index contributed by atoms with van der Waals surface area (Å²) in [7, 11) is 0. The molecular formula is C14H10O8. The van der Waals surface area contributed by atoms with Crippen LogP contribution in [0.25, 0.3) is 5.57 Å². The van der Waals surface area contributed by atoms with Gasteiger partial charge in [-0.1, -0.05) is 18.2 Å². The van der Waals surface area contributed by atoms with Gasteiger partial charge in [0.15, 0.2) is 5.41 Å². The molecule has 0 spiro atoms. The fourth-order valence-electron chi connectivity index (χ4n) is 2.56. The number of benzene rings is 1. The zero-order chi connectivity index (χ0) is 16.7. The number of carboxylic acid groups (broad SMARTS) is 4. The molecule has 0 saturated heterocycles. The zero-order valence-corrected chi connectivity index (χ0v) is 10.9. The van der Waals surface area contributed by atoms with Crippen molar-refractivity contribution >= 4 is 29.5 Å². The summed E-state index contributed by atoms with van der Waals surface area (Å²) in [6.07, 6.45) is 0.329. The number of rotatable bonds is 4. The minimum Gasteiger partial charge on any atom is -0.480 e. The average molecular weight is 306 g/mol. The molecule has 2 rings (SSSR count). The van der Waals surface area contributed by atoms with Crippen molar-refractivity contribution in [3.8, 4) is 0 Å². The zero-order valence-electron chi connectivity index (χ0n) is 10.9. The van der Waals surface area contributed by atoms with Crippen molar-refractivity contribution in [3.63, 3.8) is 0 Å². The van der Waals surface area contributed by atoms with E-state index in [4.69, 9.17) is 5.11 Å². The maximum Gasteiger partial charge on any atom is 0.336 e. The maximum absolute atomic E-state index is 11.6. The van der Waals surface area contributed by atoms with Gasteiger partial charge in [-0.25, -0.2) is 9.59 Å². The average Bonchev–Trinajstić information content (AvgIpc) is 2.44. The van der Waals surface area contributed by atoms with E-state index >= 15 is 0 Å². The van der Waals surface area contributed by atoms with Crippen molar-refractivity contribution in [2.75, 3.05) is 0 Å². The summed E-state index contributed by atoms with van der Waals surface area (Å²) in [4.78, 5) is 45.7. The van der Waals surface area contributed by atoms with Crippen molar-refractivity contribution in [3.05, 3.63) is 41.0 Å². The van der Waals surface area contributed by atoms with Gasteiger partial charge >= 0.3 is 23.9 Å². The highest BCUT2D eigenvalue weighted by molar-refractivity contribution is 6.20. The lowest BCUT2D eigenvalue weighted by atomic mass is 9.68. The van der Waals surface area contributed by atoms with Crippen LogP contribution in [0.4, 0.5) is 0 Å². The van der Waals surface area contributed by atoms with Crippen LogP contribution >= 0.6 is 0 Å². The van der Waals surface area contributed by atoms with Crippen LogP contribution in [-0.4, -0.2) is 44.3 Å². The molecule has 0 aliphatic heterocycles. The molecule has 8 heteroatoms. The summed E-state index contributed by atoms with van der Waals surface area (Å²) in [6.45, 7) is 0. The monoisotopic (exact) mass is 306 g/mol. The summed E-state index contributed by atoms with van der Waals surface area (Å²) >= 11 is 0. The first-order chi connectivity index (χ1) is 10.2. The van der Waals surface area contributed by atoms with Crippen molar-refractivity contribution in [1.29, 1.82) is 0 Å². The van der Waals surface area contributed by atoms with E-state index in [0.29, 0.717) is 0 Å². The molecule has 0 atom stereocenters. The lowest BCUT2D eigenvalue weighted by molar-refractivity contribution is -0.157. The number of hydrogen-bond donors (Lipinski definition) is 4. The van der Waals surface area contributed by atoms with E-state index in [0.717, 1.165) is 12.1 Å². The van der Waals surface area contributed by atoms with Gasteiger partial charge in [0.05, 0.1) is 11.1 Å². The van der Waals surface area contributed by atoms with Gasteiger partial charge in [-0.15, -0.1) is 0 Å². The predicted octanol–water partition coefficient (Wildman–Crippen LogP) is 0.664. The van der Waals surface area contributed by atoms with E-state index in [1.807, 2.05) is 0 Å². The van der Waals surface area contributed by atoms with Gasteiger partial charge in [-0.05, 0) is 18.1 Å². The van der Waals surface area contributed by atoms with E-state index in [1.54, 1.807) is 0 Å². The number of allylic oxidation sites excluding steroid dienone is 1. The maximum atomic E-state index is 11.6. The van der Waals surface area contributed by atoms with E-state index in [2.05, 4.69) is 0 Å². The number of carbonyl (C=O) groups is 4. The summed E-state index contributed by atoms with van der Waals surface area (Å²) in [6, 6.07) is 3.48. The third kappa shape index (κ3) is 1.93. The Morgan fingerprint density at radius 1 is 0.909 bits per heavy atom. The van der Waals surface area contributed by atoms with Gasteiger partial charge in [0.2, 0.25) is 0 Å². The van der Waals surface area contributed by atoms with E-state index < -0.39 is 46.8 Å². The Hall–Kier alpha value is -3.16. The van der Waals surface area contributed by atoms with Crippen LogP contribution in [-0.2, 0) is 19.8 Å². The second kappa shape index (κ2) is 4.99. The summed E-state index contributed by atoms with van der Waals surface area (Å²) in [5.41, 5.74) is -4.15. The van der Waals surface area contributed by atoms with Crippen LogP contribution < -0.4 is 0 Å². The SMILES string of the molecule is O=C(O)C1=CCC(C(=O)O)(C(=O)O)c2c(C(=O)O)cccc21. The van der Waals surface area contributed by atoms with Gasteiger partial charge in [-0.3, -0.25) is 9.59 Å². The fraction of sp³-hybridized carbons (Fsp3) is 0.143. The van der Waals surface area contributed by atoms with Crippen LogP contribution in [0.1, 0.15) is 27.9 Å². The molecule has 0 bridgehead atoms. The summed E-state index contributed by atoms with van der Waals surface area (Å²) in [5.74, 6) is -6.44. The highest BCUT2D eigenvalue weighted by Crippen LogP contribution is 2.42. The molecule has 0 heterocycles. The molecule has 0 unspecified atom stereocenters. The molecule has 0 aromatic heterocycles. The predicted molar refractivity (Wildman–Crippen MR) is 70.6 cm³/mol. The quantitative estimate of drug-likeness (QED) is 0.593. The van der Waals surface area contributed by atoms with Gasteiger partial charge < -0.3 is 20.4 Å². The number of aromatic carboxylic acids is 1. The van der Waals surface area contributed by atoms with Crippen molar-refractivity contribution in [2.45, 2.75) is 11.8 Å². The first kappa shape index (κ1) is 15.2. The van der Waals surface area contributed by atoms with Crippen molar-refractivity contribution in [2.24, 2.45) is 0 Å². The standard InChI is InChI=1S/C14H10O8/c15-10(16)7-4-5-14(12(19)20,13(21)22)9-6(7)2-1-3-8(9)11(17)18/h1-4H,5H2,(H,15,16)(H,17,18)(H,19,20)(H,21,22). The molecule has 1 aliphatic rings. The molecule has 0 saturated carbocycles. The third-order valence-electron chi connectivity index (χ3n) is 3.58. The van der Waals surface area contributed by atoms with E-state index in [-0.39, 0.29) is 11.1 Å². The fourth-order valence-corrected chi connectivity index (χ4v) is 2.56. The van der Waals surface area contributed by atoms with E-state index in [9.17, 15) is 34.5 Å². The molecule has 0 amide bonds. The summed E-state index contributed by atoms with van der Waals surface area (Å²) in [5, 5.41) is 37.1. The largest absolute Gasteiger partial charge is 0.480 e. The minimum absolute atomic E-state index is 0.219. The number of carboxylic acids is 4. The lowest BCUT2D eigenvalue weighted by Gasteiger charge is -2.31. The molecular weight excluding hydrogens is 296 g/mol. The van der Waals surface area contributed by atoms with Crippen LogP contribution in [0.2, 0.25) is 0 Å². The number of aliphatic carboxylic acids is 3. The topological polar surface area (TPSA) is 149 Å². The number of hydrogen-bond acceptors (Lipinski definition) is 4. The van der Waals surface area contributed by atoms with Gasteiger partial charge in [0.1, 0.15) is 0 Å². The Bertz CT molecular complexity index is 729. The van der Waals surface area contributed by atoms with Crippen molar-refractivity contribution in [1.82, 2.24) is 0 Å². The second-order valence-electron chi connectivity index (χ2n) is 4.68. The van der Waals surface area contributed by atoms with Gasteiger partial charge in [-0.2, -0.15) is 0 Å². The van der Waals surface area contributed by atoms with Crippen molar-refractivity contribution < 1.29 is 39.6 Å². The minimum atomic E-state index is -2.54. The van der Waals surface area contributed by atoms with Crippen LogP contribution in [0.3, 0.4) is 0 Å². The Labute approximate surface area is 122 Å². The molecule has 22 heavy (non-hydrogen) atoms. The van der Waals surface area contributed by atoms with Crippen LogP contribution in [0, 0.1) is 0 Å². The highest BCUT2D eigenvalue weighted by atomic mass is 16.4. The first-order valence-electron chi connectivity index (χ1n) is 6.01. The third-order valence-corrected chi connectivity index (χ3v) is 3.58. The summed E-state index contributed by atoms with van der Waals surface area (Å²) < 4.78 is 0. The normalized spacial score (nSPS) is 15.4. The molecule has 0 radical (unpaired) electrons. The molecule has 114 valence electrons. The smallest absolute Gasteiger partial charge is 0.336 e. The Kier molecular flexibility index (Phi) is 3.46. The van der Waals surface area contributed by atoms with Crippen LogP contribution in [0.5, 0.6) is 0 Å². The highest BCUT2D eigenvalue weighted by Gasteiger charge is 2.53. The molecule has 1 aliphatic carbocycles. The number of fused-ring (bicyclic) bond motifs is 1. The molecule has 1 aromatic carbocycles. The Morgan fingerprint density at radius 2 is 1.50 bits per heavy atom. The molecule has 1 aromatic rings. The van der Waals surface area contributed by atoms with Gasteiger partial charge in [0.25, 0.3) is 0 Å². The van der Waals surface area contributed by atoms with Crippen LogP contribution in [0.15, 0.2) is 24.3 Å². The van der Waals surface area contributed by atoms with Gasteiger partial charge in [0, 0.05) is 5.56 Å². The first-order valence-corrected chi connectivity index (χ1v) is 6.01. The molecule has 8 nitrogen and oxygen atoms in total. The molecule has 4 N–H and O–H groups in total. The second-order valence-corrected chi connectivity index (χ2v) is 4.68. The Morgan fingerprint density at radius 3 is 1.95 bits per heavy atom.